The molecular formula is C10H10F3N5. The van der Waals surface area contributed by atoms with Crippen LogP contribution in [-0.2, 0) is 13.2 Å². The lowest BCUT2D eigenvalue weighted by Crippen LogP contribution is -2.14. The first-order chi connectivity index (χ1) is 8.43. The van der Waals surface area contributed by atoms with E-state index in [9.17, 15) is 13.2 Å². The number of pyridine rings is 1. The van der Waals surface area contributed by atoms with Crippen molar-refractivity contribution in [3.8, 4) is 11.4 Å². The Hall–Kier alpha value is -2.09. The first-order valence-electron chi connectivity index (χ1n) is 4.96. The lowest BCUT2D eigenvalue weighted by molar-refractivity contribution is -0.137. The summed E-state index contributed by atoms with van der Waals surface area (Å²) in [6.07, 6.45) is -3.08. The predicted octanol–water partition coefficient (Wildman–Crippen LogP) is 1.79. The van der Waals surface area contributed by atoms with E-state index in [1.807, 2.05) is 0 Å². The summed E-state index contributed by atoms with van der Waals surface area (Å²) in [6.45, 7) is 0. The maximum atomic E-state index is 12.9. The molecule has 2 aromatic rings. The van der Waals surface area contributed by atoms with Gasteiger partial charge in [-0.1, -0.05) is 0 Å². The van der Waals surface area contributed by atoms with E-state index in [1.54, 1.807) is 7.05 Å². The highest BCUT2D eigenvalue weighted by molar-refractivity contribution is 5.62. The molecule has 3 N–H and O–H groups in total. The number of nitrogens with zero attached hydrogens (tertiary/aromatic N) is 3. The molecule has 0 saturated carbocycles. The maximum absolute atomic E-state index is 12.9. The zero-order valence-electron chi connectivity index (χ0n) is 9.36. The molecule has 0 radical (unpaired) electrons. The zero-order chi connectivity index (χ0) is 13.3. The largest absolute Gasteiger partial charge is 0.418 e. The van der Waals surface area contributed by atoms with Crippen LogP contribution in [-0.4, -0.2) is 14.8 Å². The Morgan fingerprint density at radius 1 is 1.28 bits per heavy atom. The van der Waals surface area contributed by atoms with E-state index < -0.39 is 11.7 Å². The van der Waals surface area contributed by atoms with Crippen LogP contribution in [0.2, 0.25) is 0 Å². The van der Waals surface area contributed by atoms with E-state index in [4.69, 9.17) is 5.84 Å². The van der Waals surface area contributed by atoms with Crippen molar-refractivity contribution in [2.24, 2.45) is 12.9 Å². The van der Waals surface area contributed by atoms with Crippen molar-refractivity contribution in [3.63, 3.8) is 0 Å². The van der Waals surface area contributed by atoms with E-state index in [0.29, 0.717) is 0 Å². The van der Waals surface area contributed by atoms with Crippen molar-refractivity contribution in [1.29, 1.82) is 0 Å². The number of hydrogen-bond acceptors (Lipinski definition) is 4. The number of rotatable bonds is 2. The second kappa shape index (κ2) is 4.30. The zero-order valence-corrected chi connectivity index (χ0v) is 9.36. The van der Waals surface area contributed by atoms with Gasteiger partial charge >= 0.3 is 6.18 Å². The van der Waals surface area contributed by atoms with Gasteiger partial charge in [-0.05, 0) is 18.2 Å². The third-order valence-corrected chi connectivity index (χ3v) is 2.41. The summed E-state index contributed by atoms with van der Waals surface area (Å²) in [5.41, 5.74) is 1.44. The summed E-state index contributed by atoms with van der Waals surface area (Å²) >= 11 is 0. The fourth-order valence-corrected chi connectivity index (χ4v) is 1.57. The third kappa shape index (κ3) is 2.14. The molecule has 5 nitrogen and oxygen atoms in total. The SMILES string of the molecule is Cn1nccc1-c1nc(NN)ccc1C(F)(F)F. The van der Waals surface area contributed by atoms with Crippen LogP contribution in [0.5, 0.6) is 0 Å². The van der Waals surface area contributed by atoms with E-state index in [-0.39, 0.29) is 17.2 Å². The summed E-state index contributed by atoms with van der Waals surface area (Å²) in [4.78, 5) is 3.84. The van der Waals surface area contributed by atoms with Crippen molar-refractivity contribution in [2.45, 2.75) is 6.18 Å². The first kappa shape index (κ1) is 12.4. The molecule has 0 aromatic carbocycles. The third-order valence-electron chi connectivity index (χ3n) is 2.41. The lowest BCUT2D eigenvalue weighted by atomic mass is 10.1. The molecule has 0 aliphatic carbocycles. The highest BCUT2D eigenvalue weighted by Gasteiger charge is 2.35. The summed E-state index contributed by atoms with van der Waals surface area (Å²) in [5, 5.41) is 3.83. The monoisotopic (exact) mass is 257 g/mol. The second-order valence-corrected chi connectivity index (χ2v) is 3.57. The Bertz CT molecular complexity index is 561. The highest BCUT2D eigenvalue weighted by Crippen LogP contribution is 2.36. The fourth-order valence-electron chi connectivity index (χ4n) is 1.57. The van der Waals surface area contributed by atoms with Gasteiger partial charge in [-0.15, -0.1) is 0 Å². The van der Waals surface area contributed by atoms with Gasteiger partial charge in [-0.2, -0.15) is 18.3 Å². The van der Waals surface area contributed by atoms with Crippen molar-refractivity contribution in [1.82, 2.24) is 14.8 Å². The number of aromatic nitrogens is 3. The number of alkyl halides is 3. The molecular weight excluding hydrogens is 247 g/mol. The maximum Gasteiger partial charge on any atom is 0.418 e. The second-order valence-electron chi connectivity index (χ2n) is 3.57. The van der Waals surface area contributed by atoms with E-state index in [2.05, 4.69) is 15.5 Å². The Kier molecular flexibility index (Phi) is 2.95. The van der Waals surface area contributed by atoms with Gasteiger partial charge in [-0.3, -0.25) is 4.68 Å². The van der Waals surface area contributed by atoms with Crippen LogP contribution < -0.4 is 11.3 Å². The standard InChI is InChI=1S/C10H10F3N5/c1-18-7(4-5-15-18)9-6(10(11,12)13)2-3-8(16-9)17-14/h2-5H,14H2,1H3,(H,16,17). The molecule has 0 saturated heterocycles. The van der Waals surface area contributed by atoms with Crippen LogP contribution in [0.3, 0.4) is 0 Å². The van der Waals surface area contributed by atoms with Gasteiger partial charge in [0.05, 0.1) is 11.3 Å². The normalized spacial score (nSPS) is 11.6. The molecule has 0 aliphatic heterocycles. The van der Waals surface area contributed by atoms with Crippen molar-refractivity contribution >= 4 is 5.82 Å². The lowest BCUT2D eigenvalue weighted by Gasteiger charge is -2.13. The minimum Gasteiger partial charge on any atom is -0.308 e. The molecule has 0 aliphatic rings. The number of nitrogens with two attached hydrogens (primary N) is 1. The molecule has 0 bridgehead atoms. The molecule has 96 valence electrons. The van der Waals surface area contributed by atoms with Crippen LogP contribution >= 0.6 is 0 Å². The average Bonchev–Trinajstić information content (AvgIpc) is 2.73. The minimum atomic E-state index is -4.49. The predicted molar refractivity (Wildman–Crippen MR) is 59.3 cm³/mol. The summed E-state index contributed by atoms with van der Waals surface area (Å²) in [6, 6.07) is 3.56. The Labute approximate surface area is 100 Å². The number of halogens is 3. The molecule has 18 heavy (non-hydrogen) atoms. The van der Waals surface area contributed by atoms with Crippen LogP contribution in [0.1, 0.15) is 5.56 Å². The number of hydrogen-bond donors (Lipinski definition) is 2. The van der Waals surface area contributed by atoms with Crippen molar-refractivity contribution < 1.29 is 13.2 Å². The van der Waals surface area contributed by atoms with Gasteiger partial charge in [0.25, 0.3) is 0 Å². The van der Waals surface area contributed by atoms with Gasteiger partial charge in [-0.25, -0.2) is 10.8 Å². The Balaban J connectivity index is 2.66. The van der Waals surface area contributed by atoms with Gasteiger partial charge < -0.3 is 5.43 Å². The molecule has 2 rings (SSSR count). The van der Waals surface area contributed by atoms with Crippen LogP contribution in [0.15, 0.2) is 24.4 Å². The number of anilines is 1. The Morgan fingerprint density at radius 3 is 2.50 bits per heavy atom. The van der Waals surface area contributed by atoms with Gasteiger partial charge in [0, 0.05) is 13.2 Å². The molecule has 2 heterocycles. The highest BCUT2D eigenvalue weighted by atomic mass is 19.4. The fraction of sp³-hybridized carbons (Fsp3) is 0.200. The average molecular weight is 257 g/mol. The number of aryl methyl sites for hydroxylation is 1. The number of nitrogen functional groups attached to an aromatic ring is 1. The summed E-state index contributed by atoms with van der Waals surface area (Å²) in [5.74, 6) is 5.31. The summed E-state index contributed by atoms with van der Waals surface area (Å²) < 4.78 is 40.0. The topological polar surface area (TPSA) is 68.8 Å². The summed E-state index contributed by atoms with van der Waals surface area (Å²) in [7, 11) is 1.54. The van der Waals surface area contributed by atoms with Crippen molar-refractivity contribution in [2.75, 3.05) is 5.43 Å². The first-order valence-corrected chi connectivity index (χ1v) is 4.96. The van der Waals surface area contributed by atoms with Crippen LogP contribution in [0.25, 0.3) is 11.4 Å². The molecule has 8 heteroatoms. The molecule has 0 amide bonds. The number of hydrazine groups is 1. The molecule has 0 atom stereocenters. The molecule has 0 unspecified atom stereocenters. The molecule has 2 aromatic heterocycles. The number of nitrogens with one attached hydrogen (secondary N) is 1. The van der Waals surface area contributed by atoms with E-state index in [0.717, 1.165) is 6.07 Å². The van der Waals surface area contributed by atoms with E-state index >= 15 is 0 Å². The van der Waals surface area contributed by atoms with Crippen molar-refractivity contribution in [3.05, 3.63) is 30.0 Å². The van der Waals surface area contributed by atoms with Gasteiger partial charge in [0.15, 0.2) is 0 Å². The van der Waals surface area contributed by atoms with Crippen LogP contribution in [0.4, 0.5) is 19.0 Å². The minimum absolute atomic E-state index is 0.152. The quantitative estimate of drug-likeness (QED) is 0.635. The van der Waals surface area contributed by atoms with Gasteiger partial charge in [0.2, 0.25) is 0 Å². The molecule has 0 spiro atoms. The van der Waals surface area contributed by atoms with E-state index in [1.165, 1.54) is 23.0 Å². The Morgan fingerprint density at radius 2 is 2.00 bits per heavy atom. The van der Waals surface area contributed by atoms with Gasteiger partial charge in [0.1, 0.15) is 11.5 Å². The smallest absolute Gasteiger partial charge is 0.308 e. The van der Waals surface area contributed by atoms with Crippen LogP contribution in [0, 0.1) is 0 Å². The molecule has 0 fully saturated rings.